The number of anilines is 1. The van der Waals surface area contributed by atoms with E-state index in [1.807, 2.05) is 13.8 Å². The first-order valence-electron chi connectivity index (χ1n) is 8.30. The fourth-order valence-corrected chi connectivity index (χ4v) is 2.58. The Balaban J connectivity index is 1.56. The van der Waals surface area contributed by atoms with Gasteiger partial charge < -0.3 is 14.6 Å². The number of halogens is 2. The highest BCUT2D eigenvalue weighted by Crippen LogP contribution is 2.19. The van der Waals surface area contributed by atoms with Crippen LogP contribution in [0.4, 0.5) is 14.5 Å². The highest BCUT2D eigenvalue weighted by Gasteiger charge is 2.10. The van der Waals surface area contributed by atoms with E-state index in [-0.39, 0.29) is 18.0 Å². The van der Waals surface area contributed by atoms with Crippen molar-refractivity contribution >= 4 is 11.6 Å². The summed E-state index contributed by atoms with van der Waals surface area (Å²) in [5, 5.41) is 6.35. The normalized spacial score (nSPS) is 10.7. The number of aryl methyl sites for hydroxylation is 2. The van der Waals surface area contributed by atoms with Crippen molar-refractivity contribution in [3.63, 3.8) is 0 Å². The van der Waals surface area contributed by atoms with Crippen LogP contribution in [0, 0.1) is 25.5 Å². The lowest BCUT2D eigenvalue weighted by Gasteiger charge is -2.08. The third-order valence-electron chi connectivity index (χ3n) is 4.00. The van der Waals surface area contributed by atoms with Crippen molar-refractivity contribution in [2.75, 3.05) is 5.32 Å². The zero-order chi connectivity index (χ0) is 19.4. The minimum Gasteiger partial charge on any atom is -0.489 e. The van der Waals surface area contributed by atoms with Crippen LogP contribution in [0.3, 0.4) is 0 Å². The van der Waals surface area contributed by atoms with Gasteiger partial charge in [0.25, 0.3) is 0 Å². The van der Waals surface area contributed by atoms with Crippen molar-refractivity contribution < 1.29 is 22.8 Å². The van der Waals surface area contributed by atoms with Gasteiger partial charge in [0.15, 0.2) is 0 Å². The molecule has 7 heteroatoms. The molecule has 0 atom stereocenters. The molecule has 0 spiro atoms. The molecule has 1 amide bonds. The van der Waals surface area contributed by atoms with E-state index in [1.54, 1.807) is 24.3 Å². The van der Waals surface area contributed by atoms with Crippen LogP contribution >= 0.6 is 0 Å². The highest BCUT2D eigenvalue weighted by molar-refractivity contribution is 5.92. The van der Waals surface area contributed by atoms with Crippen LogP contribution in [0.25, 0.3) is 0 Å². The van der Waals surface area contributed by atoms with Crippen molar-refractivity contribution in [3.05, 3.63) is 76.7 Å². The Hall–Kier alpha value is -3.22. The molecule has 0 radical (unpaired) electrons. The summed E-state index contributed by atoms with van der Waals surface area (Å²) in [5.74, 6) is -0.500. The van der Waals surface area contributed by atoms with Crippen molar-refractivity contribution in [1.82, 2.24) is 5.16 Å². The van der Waals surface area contributed by atoms with Gasteiger partial charge in [0, 0.05) is 11.8 Å². The Morgan fingerprint density at radius 2 is 1.78 bits per heavy atom. The van der Waals surface area contributed by atoms with E-state index in [4.69, 9.17) is 9.26 Å². The third-order valence-corrected chi connectivity index (χ3v) is 4.00. The maximum Gasteiger partial charge on any atom is 0.228 e. The number of hydrogen-bond donors (Lipinski definition) is 1. The van der Waals surface area contributed by atoms with Crippen LogP contribution in [0.1, 0.15) is 22.6 Å². The predicted molar refractivity (Wildman–Crippen MR) is 95.4 cm³/mol. The molecule has 0 aliphatic carbocycles. The lowest BCUT2D eigenvalue weighted by Crippen LogP contribution is -2.14. The Morgan fingerprint density at radius 1 is 1.11 bits per heavy atom. The highest BCUT2D eigenvalue weighted by atomic mass is 19.1. The average molecular weight is 372 g/mol. The van der Waals surface area contributed by atoms with Crippen molar-refractivity contribution in [2.24, 2.45) is 0 Å². The second-order valence-electron chi connectivity index (χ2n) is 6.12. The lowest BCUT2D eigenvalue weighted by molar-refractivity contribution is -0.115. The van der Waals surface area contributed by atoms with Crippen LogP contribution in [0.2, 0.25) is 0 Å². The Bertz CT molecular complexity index is 913. The van der Waals surface area contributed by atoms with Gasteiger partial charge in [-0.25, -0.2) is 8.78 Å². The number of ether oxygens (including phenoxy) is 1. The van der Waals surface area contributed by atoms with E-state index in [1.165, 1.54) is 0 Å². The molecule has 0 saturated carbocycles. The van der Waals surface area contributed by atoms with Gasteiger partial charge in [0.2, 0.25) is 5.91 Å². The summed E-state index contributed by atoms with van der Waals surface area (Å²) in [4.78, 5) is 12.0. The molecule has 0 unspecified atom stereocenters. The van der Waals surface area contributed by atoms with Crippen LogP contribution in [-0.2, 0) is 17.8 Å². The first-order chi connectivity index (χ1) is 12.9. The lowest BCUT2D eigenvalue weighted by atomic mass is 10.1. The van der Waals surface area contributed by atoms with Crippen molar-refractivity contribution in [2.45, 2.75) is 26.9 Å². The van der Waals surface area contributed by atoms with E-state index in [2.05, 4.69) is 10.5 Å². The Morgan fingerprint density at radius 3 is 2.37 bits per heavy atom. The first kappa shape index (κ1) is 18.6. The zero-order valence-corrected chi connectivity index (χ0v) is 14.9. The minimum atomic E-state index is -0.745. The van der Waals surface area contributed by atoms with Gasteiger partial charge in [-0.05, 0) is 43.7 Å². The number of nitrogens with one attached hydrogen (secondary N) is 1. The Labute approximate surface area is 154 Å². The molecule has 0 aliphatic rings. The zero-order valence-electron chi connectivity index (χ0n) is 14.9. The second kappa shape index (κ2) is 7.99. The fourth-order valence-electron chi connectivity index (χ4n) is 2.58. The molecule has 3 aromatic rings. The van der Waals surface area contributed by atoms with E-state index in [9.17, 15) is 13.6 Å². The number of hydrogen-bond acceptors (Lipinski definition) is 4. The van der Waals surface area contributed by atoms with Crippen LogP contribution in [0.5, 0.6) is 5.75 Å². The number of carbonyl (C=O) groups is 1. The molecule has 3 rings (SSSR count). The quantitative estimate of drug-likeness (QED) is 0.700. The maximum atomic E-state index is 13.2. The average Bonchev–Trinajstić information content (AvgIpc) is 2.91. The number of carbonyl (C=O) groups excluding carboxylic acids is 1. The molecule has 140 valence electrons. The molecule has 27 heavy (non-hydrogen) atoms. The minimum absolute atomic E-state index is 0.0717. The van der Waals surface area contributed by atoms with Gasteiger partial charge in [-0.15, -0.1) is 0 Å². The van der Waals surface area contributed by atoms with Crippen molar-refractivity contribution in [1.29, 1.82) is 0 Å². The van der Waals surface area contributed by atoms with Crippen LogP contribution in [0.15, 0.2) is 47.0 Å². The number of aromatic nitrogens is 1. The van der Waals surface area contributed by atoms with Crippen LogP contribution in [-0.4, -0.2) is 11.1 Å². The molecule has 5 nitrogen and oxygen atoms in total. The van der Waals surface area contributed by atoms with Gasteiger partial charge in [-0.2, -0.15) is 0 Å². The topological polar surface area (TPSA) is 64.4 Å². The molecular formula is C20H18F2N2O3. The summed E-state index contributed by atoms with van der Waals surface area (Å²) < 4.78 is 37.1. The molecule has 0 bridgehead atoms. The summed E-state index contributed by atoms with van der Waals surface area (Å²) in [7, 11) is 0. The van der Waals surface area contributed by atoms with Gasteiger partial charge >= 0.3 is 0 Å². The molecule has 1 N–H and O–H groups in total. The van der Waals surface area contributed by atoms with Crippen molar-refractivity contribution in [3.8, 4) is 5.75 Å². The Kier molecular flexibility index (Phi) is 5.49. The SMILES string of the molecule is Cc1noc(C)c1COc1ccc(CC(=O)Nc2cc(F)cc(F)c2)cc1. The smallest absolute Gasteiger partial charge is 0.228 e. The molecule has 1 heterocycles. The predicted octanol–water partition coefficient (Wildman–Crippen LogP) is 4.33. The molecular weight excluding hydrogens is 354 g/mol. The molecule has 2 aromatic carbocycles. The van der Waals surface area contributed by atoms with E-state index >= 15 is 0 Å². The standard InChI is InChI=1S/C20H18F2N2O3/c1-12-19(13(2)27-24-12)11-26-18-5-3-14(4-6-18)7-20(25)23-17-9-15(21)8-16(22)10-17/h3-6,8-10H,7,11H2,1-2H3,(H,23,25). The first-order valence-corrected chi connectivity index (χ1v) is 8.30. The van der Waals surface area contributed by atoms with Gasteiger partial charge in [0.1, 0.15) is 29.8 Å². The summed E-state index contributed by atoms with van der Waals surface area (Å²) in [6.07, 6.45) is 0.0717. The molecule has 0 aliphatic heterocycles. The molecule has 1 aromatic heterocycles. The second-order valence-corrected chi connectivity index (χ2v) is 6.12. The fraction of sp³-hybridized carbons (Fsp3) is 0.200. The van der Waals surface area contributed by atoms with E-state index in [0.717, 1.165) is 40.8 Å². The van der Waals surface area contributed by atoms with E-state index < -0.39 is 11.6 Å². The van der Waals surface area contributed by atoms with Gasteiger partial charge in [-0.1, -0.05) is 17.3 Å². The summed E-state index contributed by atoms with van der Waals surface area (Å²) in [6, 6.07) is 9.89. The van der Waals surface area contributed by atoms with Crippen LogP contribution < -0.4 is 10.1 Å². The number of amides is 1. The van der Waals surface area contributed by atoms with E-state index in [0.29, 0.717) is 12.4 Å². The number of benzene rings is 2. The monoisotopic (exact) mass is 372 g/mol. The van der Waals surface area contributed by atoms with Gasteiger partial charge in [-0.3, -0.25) is 4.79 Å². The number of nitrogens with zero attached hydrogens (tertiary/aromatic N) is 1. The molecule has 0 fully saturated rings. The van der Waals surface area contributed by atoms with Gasteiger partial charge in [0.05, 0.1) is 17.7 Å². The summed E-state index contributed by atoms with van der Waals surface area (Å²) in [6.45, 7) is 4.01. The third kappa shape index (κ3) is 4.91. The largest absolute Gasteiger partial charge is 0.489 e. The molecule has 0 saturated heterocycles. The maximum absolute atomic E-state index is 13.2. The summed E-state index contributed by atoms with van der Waals surface area (Å²) in [5.41, 5.74) is 2.52. The number of rotatable bonds is 6. The summed E-state index contributed by atoms with van der Waals surface area (Å²) >= 11 is 0.